The molecule has 1 heterocycles. The maximum absolute atomic E-state index is 12.5. The molecule has 1 fully saturated rings. The molecule has 0 aliphatic carbocycles. The summed E-state index contributed by atoms with van der Waals surface area (Å²) in [4.78, 5) is 22.4. The van der Waals surface area contributed by atoms with Gasteiger partial charge in [0.05, 0.1) is 19.1 Å². The molecule has 1 aliphatic heterocycles. The second kappa shape index (κ2) is 4.91. The number of amides is 1. The molecule has 17 heavy (non-hydrogen) atoms. The van der Waals surface area contributed by atoms with E-state index in [0.29, 0.717) is 0 Å². The number of carbonyl (C=O) groups is 2. The zero-order valence-corrected chi connectivity index (χ0v) is 9.03. The Morgan fingerprint density at radius 3 is 2.41 bits per heavy atom. The van der Waals surface area contributed by atoms with Crippen molar-refractivity contribution in [1.29, 1.82) is 0 Å². The fourth-order valence-corrected chi connectivity index (χ4v) is 1.58. The zero-order chi connectivity index (χ0) is 13.2. The van der Waals surface area contributed by atoms with Crippen molar-refractivity contribution in [2.75, 3.05) is 13.1 Å². The van der Waals surface area contributed by atoms with Crippen molar-refractivity contribution in [1.82, 2.24) is 4.90 Å². The lowest BCUT2D eigenvalue weighted by atomic mass is 10.1. The highest BCUT2D eigenvalue weighted by Crippen LogP contribution is 2.28. The van der Waals surface area contributed by atoms with Crippen LogP contribution < -0.4 is 0 Å². The van der Waals surface area contributed by atoms with Gasteiger partial charge in [-0.2, -0.15) is 13.2 Å². The van der Waals surface area contributed by atoms with Crippen molar-refractivity contribution in [2.24, 2.45) is 0 Å². The second-order valence-corrected chi connectivity index (χ2v) is 3.81. The molecule has 1 N–H and O–H groups in total. The number of morpholine rings is 1. The third-order valence-corrected chi connectivity index (χ3v) is 2.38. The molecule has 0 aromatic carbocycles. The zero-order valence-electron chi connectivity index (χ0n) is 9.03. The van der Waals surface area contributed by atoms with E-state index in [1.165, 1.54) is 0 Å². The minimum atomic E-state index is -4.61. The quantitative estimate of drug-likeness (QED) is 0.786. The van der Waals surface area contributed by atoms with Gasteiger partial charge >= 0.3 is 12.1 Å². The Bertz CT molecular complexity index is 318. The number of halogens is 3. The summed E-state index contributed by atoms with van der Waals surface area (Å²) in [6, 6.07) is 0. The van der Waals surface area contributed by atoms with Crippen LogP contribution in [0.3, 0.4) is 0 Å². The van der Waals surface area contributed by atoms with Crippen molar-refractivity contribution in [3.05, 3.63) is 0 Å². The van der Waals surface area contributed by atoms with E-state index >= 15 is 0 Å². The summed E-state index contributed by atoms with van der Waals surface area (Å²) >= 11 is 0. The van der Waals surface area contributed by atoms with E-state index < -0.39 is 43.2 Å². The number of ether oxygens (including phenoxy) is 1. The fourth-order valence-electron chi connectivity index (χ4n) is 1.58. The van der Waals surface area contributed by atoms with Gasteiger partial charge in [0.15, 0.2) is 6.10 Å². The Hall–Kier alpha value is -1.31. The Morgan fingerprint density at radius 2 is 2.00 bits per heavy atom. The van der Waals surface area contributed by atoms with Crippen LogP contribution in [0.4, 0.5) is 13.2 Å². The average molecular weight is 255 g/mol. The summed E-state index contributed by atoms with van der Waals surface area (Å²) in [5.41, 5.74) is 0. The summed E-state index contributed by atoms with van der Waals surface area (Å²) in [6.07, 6.45) is -8.41. The van der Waals surface area contributed by atoms with Crippen LogP contribution in [-0.2, 0) is 14.3 Å². The summed E-state index contributed by atoms with van der Waals surface area (Å²) in [5, 5.41) is 8.51. The number of carbonyl (C=O) groups excluding carboxylic acids is 1. The van der Waals surface area contributed by atoms with E-state index in [0.717, 1.165) is 11.8 Å². The molecule has 98 valence electrons. The maximum Gasteiger partial charge on any atom is 0.416 e. The Balaban J connectivity index is 2.76. The molecule has 0 aromatic rings. The van der Waals surface area contributed by atoms with E-state index in [1.54, 1.807) is 0 Å². The molecule has 1 saturated heterocycles. The third-order valence-electron chi connectivity index (χ3n) is 2.38. The standard InChI is InChI=1S/C9H12F3NO4/c1-5(14)13-3-6(2-8(15)16)17-7(4-13)9(10,11)12/h6-7H,2-4H2,1H3,(H,15,16)/t6-,7+/m1/s1. The maximum atomic E-state index is 12.5. The van der Waals surface area contributed by atoms with Crippen LogP contribution in [0.1, 0.15) is 13.3 Å². The lowest BCUT2D eigenvalue weighted by molar-refractivity contribution is -0.252. The number of hydrogen-bond acceptors (Lipinski definition) is 3. The van der Waals surface area contributed by atoms with Gasteiger partial charge in [-0.15, -0.1) is 0 Å². The molecule has 0 saturated carbocycles. The molecule has 0 radical (unpaired) electrons. The summed E-state index contributed by atoms with van der Waals surface area (Å²) in [5.74, 6) is -1.79. The number of alkyl halides is 3. The first-order chi connectivity index (χ1) is 7.70. The number of aliphatic carboxylic acids is 1. The smallest absolute Gasteiger partial charge is 0.416 e. The highest BCUT2D eigenvalue weighted by Gasteiger charge is 2.46. The van der Waals surface area contributed by atoms with Crippen LogP contribution >= 0.6 is 0 Å². The first-order valence-corrected chi connectivity index (χ1v) is 4.89. The van der Waals surface area contributed by atoms with Crippen molar-refractivity contribution in [2.45, 2.75) is 31.7 Å². The van der Waals surface area contributed by atoms with Crippen molar-refractivity contribution >= 4 is 11.9 Å². The minimum Gasteiger partial charge on any atom is -0.481 e. The minimum absolute atomic E-state index is 0.131. The first-order valence-electron chi connectivity index (χ1n) is 4.89. The highest BCUT2D eigenvalue weighted by atomic mass is 19.4. The van der Waals surface area contributed by atoms with Gasteiger partial charge in [0.25, 0.3) is 0 Å². The molecule has 8 heteroatoms. The van der Waals surface area contributed by atoms with Crippen LogP contribution in [0.25, 0.3) is 0 Å². The number of carboxylic acids is 1. The van der Waals surface area contributed by atoms with Crippen LogP contribution in [-0.4, -0.2) is 53.4 Å². The number of carboxylic acid groups (broad SMARTS) is 1. The van der Waals surface area contributed by atoms with Crippen LogP contribution in [0.15, 0.2) is 0 Å². The third kappa shape index (κ3) is 3.88. The van der Waals surface area contributed by atoms with Gasteiger partial charge < -0.3 is 14.7 Å². The molecule has 0 bridgehead atoms. The van der Waals surface area contributed by atoms with Gasteiger partial charge in [-0.1, -0.05) is 0 Å². The summed E-state index contributed by atoms with van der Waals surface area (Å²) in [6.45, 7) is 0.416. The first kappa shape index (κ1) is 13.8. The molecule has 2 atom stereocenters. The van der Waals surface area contributed by atoms with E-state index in [1.807, 2.05) is 0 Å². The fraction of sp³-hybridized carbons (Fsp3) is 0.778. The van der Waals surface area contributed by atoms with E-state index in [2.05, 4.69) is 4.74 Å². The second-order valence-electron chi connectivity index (χ2n) is 3.81. The average Bonchev–Trinajstić information content (AvgIpc) is 2.14. The Morgan fingerprint density at radius 1 is 1.41 bits per heavy atom. The summed E-state index contributed by atoms with van der Waals surface area (Å²) < 4.78 is 42.1. The van der Waals surface area contributed by atoms with Gasteiger partial charge in [-0.05, 0) is 0 Å². The predicted octanol–water partition coefficient (Wildman–Crippen LogP) is 0.639. The Kier molecular flexibility index (Phi) is 3.97. The van der Waals surface area contributed by atoms with Crippen LogP contribution in [0.5, 0.6) is 0 Å². The highest BCUT2D eigenvalue weighted by molar-refractivity contribution is 5.73. The number of rotatable bonds is 2. The van der Waals surface area contributed by atoms with Gasteiger partial charge in [-0.3, -0.25) is 9.59 Å². The lowest BCUT2D eigenvalue weighted by Crippen LogP contribution is -2.54. The lowest BCUT2D eigenvalue weighted by Gasteiger charge is -2.37. The van der Waals surface area contributed by atoms with Crippen LogP contribution in [0.2, 0.25) is 0 Å². The summed E-state index contributed by atoms with van der Waals surface area (Å²) in [7, 11) is 0. The monoisotopic (exact) mass is 255 g/mol. The van der Waals surface area contributed by atoms with E-state index in [9.17, 15) is 22.8 Å². The molecule has 0 spiro atoms. The van der Waals surface area contributed by atoms with E-state index in [-0.39, 0.29) is 6.54 Å². The molecule has 0 aromatic heterocycles. The molecular weight excluding hydrogens is 243 g/mol. The number of hydrogen-bond donors (Lipinski definition) is 1. The molecule has 1 aliphatic rings. The molecule has 1 amide bonds. The molecule has 5 nitrogen and oxygen atoms in total. The van der Waals surface area contributed by atoms with Gasteiger partial charge in [0.1, 0.15) is 0 Å². The SMILES string of the molecule is CC(=O)N1C[C@@H](CC(=O)O)O[C@H](C(F)(F)F)C1. The molecular formula is C9H12F3NO4. The van der Waals surface area contributed by atoms with Crippen molar-refractivity contribution < 1.29 is 32.6 Å². The predicted molar refractivity (Wildman–Crippen MR) is 49.2 cm³/mol. The van der Waals surface area contributed by atoms with Crippen LogP contribution in [0, 0.1) is 0 Å². The molecule has 1 rings (SSSR count). The largest absolute Gasteiger partial charge is 0.481 e. The normalized spacial score (nSPS) is 25.8. The van der Waals surface area contributed by atoms with Crippen molar-refractivity contribution in [3.63, 3.8) is 0 Å². The topological polar surface area (TPSA) is 66.8 Å². The van der Waals surface area contributed by atoms with Gasteiger partial charge in [0.2, 0.25) is 5.91 Å². The van der Waals surface area contributed by atoms with Gasteiger partial charge in [-0.25, -0.2) is 0 Å². The van der Waals surface area contributed by atoms with E-state index in [4.69, 9.17) is 5.11 Å². The Labute approximate surface area is 95.1 Å². The number of nitrogens with zero attached hydrogens (tertiary/aromatic N) is 1. The molecule has 0 unspecified atom stereocenters. The van der Waals surface area contributed by atoms with Gasteiger partial charge in [0, 0.05) is 13.5 Å². The van der Waals surface area contributed by atoms with Crippen molar-refractivity contribution in [3.8, 4) is 0 Å².